The third kappa shape index (κ3) is 5.07. The first kappa shape index (κ1) is 20.5. The van der Waals surface area contributed by atoms with Gasteiger partial charge in [-0.2, -0.15) is 4.52 Å². The zero-order chi connectivity index (χ0) is 21.6. The Balaban J connectivity index is 1.31. The van der Waals surface area contributed by atoms with Crippen LogP contribution in [-0.2, 0) is 4.79 Å². The average molecular weight is 442 g/mol. The van der Waals surface area contributed by atoms with Gasteiger partial charge in [-0.25, -0.2) is 4.39 Å². The third-order valence-electron chi connectivity index (χ3n) is 4.19. The van der Waals surface area contributed by atoms with Crippen LogP contribution in [0.4, 0.5) is 4.39 Å². The molecule has 0 spiro atoms. The molecule has 1 N–H and O–H groups in total. The average Bonchev–Trinajstić information content (AvgIpc) is 3.19. The fourth-order valence-electron chi connectivity index (χ4n) is 2.76. The maximum atomic E-state index is 13.1. The fraction of sp³-hybridized carbons (Fsp3) is 0.143. The Kier molecular flexibility index (Phi) is 6.23. The number of aromatic nitrogens is 4. The number of carbonyl (C=O) groups is 1. The van der Waals surface area contributed by atoms with Gasteiger partial charge in [-0.05, 0) is 30.3 Å². The molecule has 0 fully saturated rings. The van der Waals surface area contributed by atoms with Gasteiger partial charge in [-0.3, -0.25) is 4.79 Å². The first-order valence-corrected chi connectivity index (χ1v) is 9.73. The molecule has 0 unspecified atom stereocenters. The van der Waals surface area contributed by atoms with Crippen molar-refractivity contribution < 1.29 is 18.7 Å². The highest BCUT2D eigenvalue weighted by Crippen LogP contribution is 2.26. The zero-order valence-corrected chi connectivity index (χ0v) is 16.9. The van der Waals surface area contributed by atoms with Gasteiger partial charge >= 0.3 is 0 Å². The van der Waals surface area contributed by atoms with Crippen molar-refractivity contribution in [1.29, 1.82) is 0 Å². The SMILES string of the molecule is O=C(COc1cccc(F)c1)NCCOc1ccc2nnc(-c3ccccc3Cl)n2n1. The Hall–Kier alpha value is -3.72. The van der Waals surface area contributed by atoms with Gasteiger partial charge in [0.25, 0.3) is 5.91 Å². The van der Waals surface area contributed by atoms with Crippen molar-refractivity contribution in [3.63, 3.8) is 0 Å². The molecule has 0 radical (unpaired) electrons. The van der Waals surface area contributed by atoms with E-state index in [2.05, 4.69) is 20.6 Å². The van der Waals surface area contributed by atoms with Crippen LogP contribution in [0.5, 0.6) is 11.6 Å². The van der Waals surface area contributed by atoms with Gasteiger partial charge in [0.15, 0.2) is 18.1 Å². The smallest absolute Gasteiger partial charge is 0.258 e. The molecule has 0 saturated carbocycles. The van der Waals surface area contributed by atoms with Crippen molar-refractivity contribution in [1.82, 2.24) is 25.1 Å². The molecular weight excluding hydrogens is 425 g/mol. The Morgan fingerprint density at radius 1 is 1.06 bits per heavy atom. The summed E-state index contributed by atoms with van der Waals surface area (Å²) in [7, 11) is 0. The lowest BCUT2D eigenvalue weighted by atomic mass is 10.2. The molecule has 2 aromatic heterocycles. The van der Waals surface area contributed by atoms with Crippen LogP contribution in [0.1, 0.15) is 0 Å². The van der Waals surface area contributed by atoms with Crippen LogP contribution in [0.25, 0.3) is 17.0 Å². The summed E-state index contributed by atoms with van der Waals surface area (Å²) in [5.74, 6) is 0.338. The molecule has 0 aliphatic rings. The predicted molar refractivity (Wildman–Crippen MR) is 112 cm³/mol. The Morgan fingerprint density at radius 3 is 2.77 bits per heavy atom. The molecular formula is C21H17ClFN5O3. The number of carbonyl (C=O) groups excluding carboxylic acids is 1. The summed E-state index contributed by atoms with van der Waals surface area (Å²) in [6.45, 7) is 0.202. The number of fused-ring (bicyclic) bond motifs is 1. The number of ether oxygens (including phenoxy) is 2. The second-order valence-electron chi connectivity index (χ2n) is 6.39. The summed E-state index contributed by atoms with van der Waals surface area (Å²) < 4.78 is 25.5. The third-order valence-corrected chi connectivity index (χ3v) is 4.52. The summed E-state index contributed by atoms with van der Waals surface area (Å²) in [6, 6.07) is 16.2. The van der Waals surface area contributed by atoms with Crippen LogP contribution in [0.2, 0.25) is 5.02 Å². The van der Waals surface area contributed by atoms with Gasteiger partial charge in [-0.15, -0.1) is 15.3 Å². The molecule has 0 aliphatic carbocycles. The van der Waals surface area contributed by atoms with E-state index in [1.807, 2.05) is 18.2 Å². The highest BCUT2D eigenvalue weighted by atomic mass is 35.5. The molecule has 1 amide bonds. The quantitative estimate of drug-likeness (QED) is 0.422. The van der Waals surface area contributed by atoms with Crippen molar-refractivity contribution in [2.24, 2.45) is 0 Å². The van der Waals surface area contributed by atoms with E-state index >= 15 is 0 Å². The van der Waals surface area contributed by atoms with Crippen LogP contribution < -0.4 is 14.8 Å². The van der Waals surface area contributed by atoms with Crippen LogP contribution in [0.3, 0.4) is 0 Å². The second-order valence-corrected chi connectivity index (χ2v) is 6.80. The van der Waals surface area contributed by atoms with Gasteiger partial charge in [0.05, 0.1) is 11.6 Å². The molecule has 0 bridgehead atoms. The maximum Gasteiger partial charge on any atom is 0.258 e. The minimum atomic E-state index is -0.429. The molecule has 10 heteroatoms. The standard InChI is InChI=1S/C21H17ClFN5O3/c22-17-7-2-1-6-16(17)21-26-25-18-8-9-20(27-28(18)21)30-11-10-24-19(29)13-31-15-5-3-4-14(23)12-15/h1-9,12H,10-11,13H2,(H,24,29). The summed E-state index contributed by atoms with van der Waals surface area (Å²) >= 11 is 6.25. The van der Waals surface area contributed by atoms with Gasteiger partial charge < -0.3 is 14.8 Å². The lowest BCUT2D eigenvalue weighted by molar-refractivity contribution is -0.123. The van der Waals surface area contributed by atoms with Gasteiger partial charge in [0.1, 0.15) is 18.2 Å². The minimum absolute atomic E-state index is 0.188. The predicted octanol–water partition coefficient (Wildman–Crippen LogP) is 3.16. The number of halogens is 2. The summed E-state index contributed by atoms with van der Waals surface area (Å²) in [5, 5.41) is 15.8. The monoisotopic (exact) mass is 441 g/mol. The molecule has 2 aromatic carbocycles. The summed E-state index contributed by atoms with van der Waals surface area (Å²) in [4.78, 5) is 11.9. The molecule has 158 valence electrons. The molecule has 0 atom stereocenters. The molecule has 4 rings (SSSR count). The van der Waals surface area contributed by atoms with Crippen LogP contribution >= 0.6 is 11.6 Å². The number of rotatable bonds is 8. The van der Waals surface area contributed by atoms with E-state index in [-0.39, 0.29) is 31.4 Å². The Labute approximate surface area is 181 Å². The van der Waals surface area contributed by atoms with Gasteiger partial charge in [0.2, 0.25) is 5.88 Å². The van der Waals surface area contributed by atoms with Crippen molar-refractivity contribution in [2.75, 3.05) is 19.8 Å². The van der Waals surface area contributed by atoms with Crippen LogP contribution in [0, 0.1) is 5.82 Å². The molecule has 4 aromatic rings. The first-order chi connectivity index (χ1) is 15.1. The zero-order valence-electron chi connectivity index (χ0n) is 16.2. The van der Waals surface area contributed by atoms with E-state index in [9.17, 15) is 9.18 Å². The van der Waals surface area contributed by atoms with Crippen molar-refractivity contribution in [3.05, 3.63) is 71.5 Å². The molecule has 2 heterocycles. The highest BCUT2D eigenvalue weighted by molar-refractivity contribution is 6.33. The molecule has 0 aliphatic heterocycles. The highest BCUT2D eigenvalue weighted by Gasteiger charge is 2.13. The van der Waals surface area contributed by atoms with Crippen molar-refractivity contribution >= 4 is 23.2 Å². The Bertz CT molecular complexity index is 1220. The maximum absolute atomic E-state index is 13.1. The molecule has 31 heavy (non-hydrogen) atoms. The number of amides is 1. The van der Waals surface area contributed by atoms with Crippen LogP contribution in [-0.4, -0.2) is 45.5 Å². The number of hydrogen-bond donors (Lipinski definition) is 1. The van der Waals surface area contributed by atoms with Crippen molar-refractivity contribution in [2.45, 2.75) is 0 Å². The van der Waals surface area contributed by atoms with Crippen LogP contribution in [0.15, 0.2) is 60.7 Å². The van der Waals surface area contributed by atoms with Gasteiger partial charge in [0, 0.05) is 17.7 Å². The van der Waals surface area contributed by atoms with Gasteiger partial charge in [-0.1, -0.05) is 29.8 Å². The van der Waals surface area contributed by atoms with E-state index in [1.165, 1.54) is 18.2 Å². The number of nitrogens with zero attached hydrogens (tertiary/aromatic N) is 4. The van der Waals surface area contributed by atoms with E-state index in [0.717, 1.165) is 0 Å². The topological polar surface area (TPSA) is 90.6 Å². The minimum Gasteiger partial charge on any atom is -0.484 e. The first-order valence-electron chi connectivity index (χ1n) is 9.35. The Morgan fingerprint density at radius 2 is 1.94 bits per heavy atom. The summed E-state index contributed by atoms with van der Waals surface area (Å²) in [6.07, 6.45) is 0. The van der Waals surface area contributed by atoms with Crippen molar-refractivity contribution in [3.8, 4) is 23.0 Å². The van der Waals surface area contributed by atoms with E-state index in [0.29, 0.717) is 27.9 Å². The number of hydrogen-bond acceptors (Lipinski definition) is 6. The summed E-state index contributed by atoms with van der Waals surface area (Å²) in [5.41, 5.74) is 1.25. The largest absolute Gasteiger partial charge is 0.484 e. The normalized spacial score (nSPS) is 10.8. The fourth-order valence-corrected chi connectivity index (χ4v) is 2.98. The molecule has 0 saturated heterocycles. The van der Waals surface area contributed by atoms with E-state index < -0.39 is 5.82 Å². The second kappa shape index (κ2) is 9.40. The van der Waals surface area contributed by atoms with E-state index in [4.69, 9.17) is 21.1 Å². The lowest BCUT2D eigenvalue weighted by Crippen LogP contribution is -2.32. The number of benzene rings is 2. The molecule has 8 nitrogen and oxygen atoms in total. The van der Waals surface area contributed by atoms with E-state index in [1.54, 1.807) is 28.8 Å². The lowest BCUT2D eigenvalue weighted by Gasteiger charge is -2.09. The number of nitrogens with one attached hydrogen (secondary N) is 1.